The molecule has 1 aliphatic heterocycles. The molecule has 0 amide bonds. The third-order valence-corrected chi connectivity index (χ3v) is 2.82. The summed E-state index contributed by atoms with van der Waals surface area (Å²) in [5.74, 6) is 0. The van der Waals surface area contributed by atoms with E-state index in [1.165, 1.54) is 0 Å². The molecule has 0 aromatic heterocycles. The van der Waals surface area contributed by atoms with E-state index in [4.69, 9.17) is 0 Å². The van der Waals surface area contributed by atoms with Gasteiger partial charge in [0.05, 0.1) is 4.92 Å². The Morgan fingerprint density at radius 2 is 2.33 bits per heavy atom. The molecule has 0 unspecified atom stereocenters. The molecule has 1 aliphatic rings. The maximum absolute atomic E-state index is 10.9. The first kappa shape index (κ1) is 10.1. The van der Waals surface area contributed by atoms with E-state index in [2.05, 4.69) is 5.32 Å². The second-order valence-corrected chi connectivity index (χ2v) is 3.97. The minimum atomic E-state index is -0.297. The zero-order valence-electron chi connectivity index (χ0n) is 8.69. The van der Waals surface area contributed by atoms with E-state index in [0.717, 1.165) is 30.5 Å². The highest BCUT2D eigenvalue weighted by Gasteiger charge is 2.24. The molecule has 1 aromatic rings. The molecule has 0 saturated carbocycles. The van der Waals surface area contributed by atoms with Crippen LogP contribution in [0.25, 0.3) is 0 Å². The van der Waals surface area contributed by atoms with Gasteiger partial charge in [-0.3, -0.25) is 10.1 Å². The van der Waals surface area contributed by atoms with Crippen LogP contribution in [-0.2, 0) is 0 Å². The van der Waals surface area contributed by atoms with Crippen molar-refractivity contribution < 1.29 is 4.92 Å². The van der Waals surface area contributed by atoms with Crippen molar-refractivity contribution >= 4 is 5.69 Å². The van der Waals surface area contributed by atoms with E-state index in [0.29, 0.717) is 0 Å². The van der Waals surface area contributed by atoms with Crippen molar-refractivity contribution in [1.29, 1.82) is 0 Å². The molecule has 1 N–H and O–H groups in total. The maximum atomic E-state index is 10.9. The molecular formula is C11H14N2O2. The molecule has 4 nitrogen and oxygen atoms in total. The molecule has 1 atom stereocenters. The minimum Gasteiger partial charge on any atom is -0.310 e. The summed E-state index contributed by atoms with van der Waals surface area (Å²) in [5, 5.41) is 14.2. The molecule has 0 radical (unpaired) electrons. The van der Waals surface area contributed by atoms with Gasteiger partial charge >= 0.3 is 0 Å². The first-order valence-corrected chi connectivity index (χ1v) is 5.17. The molecule has 0 spiro atoms. The third-order valence-electron chi connectivity index (χ3n) is 2.82. The van der Waals surface area contributed by atoms with Crippen LogP contribution < -0.4 is 5.32 Å². The van der Waals surface area contributed by atoms with E-state index in [9.17, 15) is 10.1 Å². The van der Waals surface area contributed by atoms with Crippen molar-refractivity contribution in [3.63, 3.8) is 0 Å². The van der Waals surface area contributed by atoms with Crippen LogP contribution in [0.15, 0.2) is 18.2 Å². The van der Waals surface area contributed by atoms with Crippen molar-refractivity contribution in [3.8, 4) is 0 Å². The molecule has 1 saturated heterocycles. The molecular weight excluding hydrogens is 192 g/mol. The quantitative estimate of drug-likeness (QED) is 0.596. The Morgan fingerprint density at radius 1 is 1.53 bits per heavy atom. The lowest BCUT2D eigenvalue weighted by atomic mass is 10.0. The summed E-state index contributed by atoms with van der Waals surface area (Å²) >= 11 is 0. The van der Waals surface area contributed by atoms with Gasteiger partial charge in [0.15, 0.2) is 0 Å². The number of hydrogen-bond acceptors (Lipinski definition) is 3. The van der Waals surface area contributed by atoms with Crippen molar-refractivity contribution in [2.24, 2.45) is 0 Å². The van der Waals surface area contributed by atoms with Crippen LogP contribution in [0.2, 0.25) is 0 Å². The minimum absolute atomic E-state index is 0.158. The van der Waals surface area contributed by atoms with E-state index in [1.54, 1.807) is 12.1 Å². The Kier molecular flexibility index (Phi) is 2.68. The molecule has 1 fully saturated rings. The Morgan fingerprint density at radius 3 is 2.93 bits per heavy atom. The zero-order valence-corrected chi connectivity index (χ0v) is 8.69. The molecule has 4 heteroatoms. The third kappa shape index (κ3) is 1.99. The average molecular weight is 206 g/mol. The lowest BCUT2D eigenvalue weighted by Crippen LogP contribution is -2.14. The van der Waals surface area contributed by atoms with Gasteiger partial charge in [-0.25, -0.2) is 0 Å². The summed E-state index contributed by atoms with van der Waals surface area (Å²) < 4.78 is 0. The predicted molar refractivity (Wildman–Crippen MR) is 57.8 cm³/mol. The van der Waals surface area contributed by atoms with E-state index in [-0.39, 0.29) is 16.7 Å². The SMILES string of the molecule is Cc1ccc([N+](=O)[O-])c([C@@H]2CCCN2)c1. The zero-order chi connectivity index (χ0) is 10.8. The van der Waals surface area contributed by atoms with Crippen LogP contribution in [-0.4, -0.2) is 11.5 Å². The molecule has 0 aliphatic carbocycles. The van der Waals surface area contributed by atoms with E-state index >= 15 is 0 Å². The van der Waals surface area contributed by atoms with Crippen LogP contribution >= 0.6 is 0 Å². The van der Waals surface area contributed by atoms with Crippen molar-refractivity contribution in [2.75, 3.05) is 6.54 Å². The fraction of sp³-hybridized carbons (Fsp3) is 0.455. The number of rotatable bonds is 2. The Bertz CT molecular complexity index is 384. The normalized spacial score (nSPS) is 20.5. The van der Waals surface area contributed by atoms with Crippen LogP contribution in [0.5, 0.6) is 0 Å². The molecule has 2 rings (SSSR count). The van der Waals surface area contributed by atoms with Gasteiger partial charge in [-0.15, -0.1) is 0 Å². The van der Waals surface area contributed by atoms with Crippen molar-refractivity contribution in [2.45, 2.75) is 25.8 Å². The lowest BCUT2D eigenvalue weighted by molar-refractivity contribution is -0.385. The highest BCUT2D eigenvalue weighted by atomic mass is 16.6. The monoisotopic (exact) mass is 206 g/mol. The summed E-state index contributed by atoms with van der Waals surface area (Å²) in [4.78, 5) is 10.6. The van der Waals surface area contributed by atoms with E-state index in [1.807, 2.05) is 13.0 Å². The van der Waals surface area contributed by atoms with Gasteiger partial charge in [-0.05, 0) is 32.4 Å². The molecule has 15 heavy (non-hydrogen) atoms. The molecule has 80 valence electrons. The molecule has 0 bridgehead atoms. The first-order valence-electron chi connectivity index (χ1n) is 5.17. The lowest BCUT2D eigenvalue weighted by Gasteiger charge is -2.11. The van der Waals surface area contributed by atoms with Crippen molar-refractivity contribution in [3.05, 3.63) is 39.4 Å². The van der Waals surface area contributed by atoms with E-state index < -0.39 is 0 Å². The summed E-state index contributed by atoms with van der Waals surface area (Å²) in [6.45, 7) is 2.91. The summed E-state index contributed by atoms with van der Waals surface area (Å²) in [5.41, 5.74) is 2.14. The summed E-state index contributed by atoms with van der Waals surface area (Å²) in [6.07, 6.45) is 2.08. The van der Waals surface area contributed by atoms with Gasteiger partial charge in [0, 0.05) is 17.7 Å². The van der Waals surface area contributed by atoms with Gasteiger partial charge < -0.3 is 5.32 Å². The number of nitrogens with one attached hydrogen (secondary N) is 1. The number of hydrogen-bond donors (Lipinski definition) is 1. The van der Waals surface area contributed by atoms with Gasteiger partial charge in [0.2, 0.25) is 0 Å². The second-order valence-electron chi connectivity index (χ2n) is 3.97. The number of nitrogens with zero attached hydrogens (tertiary/aromatic N) is 1. The smallest absolute Gasteiger partial charge is 0.274 e. The van der Waals surface area contributed by atoms with Crippen LogP contribution in [0.3, 0.4) is 0 Å². The van der Waals surface area contributed by atoms with Crippen LogP contribution in [0.1, 0.15) is 30.0 Å². The van der Waals surface area contributed by atoms with Gasteiger partial charge in [0.25, 0.3) is 5.69 Å². The van der Waals surface area contributed by atoms with Crippen LogP contribution in [0, 0.1) is 17.0 Å². The largest absolute Gasteiger partial charge is 0.310 e. The average Bonchev–Trinajstić information content (AvgIpc) is 2.69. The first-order chi connectivity index (χ1) is 7.18. The number of benzene rings is 1. The topological polar surface area (TPSA) is 55.2 Å². The Labute approximate surface area is 88.5 Å². The number of nitro benzene ring substituents is 1. The summed E-state index contributed by atoms with van der Waals surface area (Å²) in [7, 11) is 0. The van der Waals surface area contributed by atoms with Crippen molar-refractivity contribution in [1.82, 2.24) is 5.32 Å². The van der Waals surface area contributed by atoms with Gasteiger partial charge in [-0.1, -0.05) is 11.6 Å². The maximum Gasteiger partial charge on any atom is 0.274 e. The highest BCUT2D eigenvalue weighted by molar-refractivity contribution is 5.44. The molecule has 1 heterocycles. The second kappa shape index (κ2) is 3.98. The highest BCUT2D eigenvalue weighted by Crippen LogP contribution is 2.31. The predicted octanol–water partition coefficient (Wildman–Crippen LogP) is 2.33. The number of nitro groups is 1. The number of aryl methyl sites for hydroxylation is 1. The Balaban J connectivity index is 2.41. The fourth-order valence-corrected chi connectivity index (χ4v) is 2.07. The molecule has 1 aromatic carbocycles. The van der Waals surface area contributed by atoms with Crippen LogP contribution in [0.4, 0.5) is 5.69 Å². The Hall–Kier alpha value is -1.42. The van der Waals surface area contributed by atoms with Gasteiger partial charge in [0.1, 0.15) is 0 Å². The van der Waals surface area contributed by atoms with Gasteiger partial charge in [-0.2, -0.15) is 0 Å². The fourth-order valence-electron chi connectivity index (χ4n) is 2.07. The summed E-state index contributed by atoms with van der Waals surface area (Å²) in [6, 6.07) is 5.47. The standard InChI is InChI=1S/C11H14N2O2/c1-8-4-5-11(13(14)15)9(7-8)10-3-2-6-12-10/h4-5,7,10,12H,2-3,6H2,1H3/t10-/m0/s1.